The van der Waals surface area contributed by atoms with Crippen molar-refractivity contribution in [2.45, 2.75) is 88.5 Å². The molecule has 2 rings (SSSR count). The van der Waals surface area contributed by atoms with Crippen LogP contribution in [-0.2, 0) is 16.1 Å². The maximum atomic E-state index is 12.6. The van der Waals surface area contributed by atoms with Gasteiger partial charge in [0.2, 0.25) is 0 Å². The van der Waals surface area contributed by atoms with Gasteiger partial charge in [0.1, 0.15) is 10.2 Å². The normalized spacial score (nSPS) is 36.6. The molecule has 0 aromatic heterocycles. The molecule has 0 radical (unpaired) electrons. The van der Waals surface area contributed by atoms with Gasteiger partial charge in [0.25, 0.3) is 0 Å². The molecule has 5 atom stereocenters. The molecule has 2 aliphatic heterocycles. The van der Waals surface area contributed by atoms with Crippen LogP contribution in [0.4, 0.5) is 0 Å². The Balaban J connectivity index is 2.13. The smallest absolute Gasteiger partial charge is 0.136 e. The van der Waals surface area contributed by atoms with E-state index in [4.69, 9.17) is 4.74 Å². The molecule has 2 heterocycles. The Labute approximate surface area is 149 Å². The predicted octanol–water partition coefficient (Wildman–Crippen LogP) is 4.41. The lowest BCUT2D eigenvalue weighted by atomic mass is 9.92. The van der Waals surface area contributed by atoms with Crippen molar-refractivity contribution in [1.29, 1.82) is 0 Å². The van der Waals surface area contributed by atoms with E-state index < -0.39 is 11.4 Å². The van der Waals surface area contributed by atoms with E-state index in [2.05, 4.69) is 23.8 Å². The average Bonchev–Trinajstić information content (AvgIpc) is 2.49. The quantitative estimate of drug-likeness (QED) is 0.586. The van der Waals surface area contributed by atoms with Crippen LogP contribution in [0.25, 0.3) is 0 Å². The SMILES string of the molecule is CC1/C=C\CCCCS[C@@H]2CCC[C@@H](O2)[C@@H]1N[S@+]([O-])C(C)(C)C. The van der Waals surface area contributed by atoms with Gasteiger partial charge in [-0.05, 0) is 71.0 Å². The van der Waals surface area contributed by atoms with Crippen LogP contribution in [0.2, 0.25) is 0 Å². The highest BCUT2D eigenvalue weighted by Crippen LogP contribution is 2.32. The van der Waals surface area contributed by atoms with Gasteiger partial charge in [-0.3, -0.25) is 0 Å². The number of hydrogen-bond acceptors (Lipinski definition) is 4. The van der Waals surface area contributed by atoms with Crippen molar-refractivity contribution in [3.05, 3.63) is 12.2 Å². The molecule has 1 unspecified atom stereocenters. The first kappa shape index (κ1) is 19.6. The van der Waals surface area contributed by atoms with E-state index in [1.165, 1.54) is 25.0 Å². The number of allylic oxidation sites excluding steroid dienone is 1. The number of rotatable bonds is 2. The van der Waals surface area contributed by atoms with E-state index in [0.29, 0.717) is 11.4 Å². The largest absolute Gasteiger partial charge is 0.598 e. The topological polar surface area (TPSA) is 44.3 Å². The monoisotopic (exact) mass is 359 g/mol. The van der Waals surface area contributed by atoms with Crippen LogP contribution >= 0.6 is 11.8 Å². The average molecular weight is 360 g/mol. The van der Waals surface area contributed by atoms with Crippen LogP contribution in [0, 0.1) is 5.92 Å². The Hall–Kier alpha value is 0.320. The van der Waals surface area contributed by atoms with Gasteiger partial charge in [-0.15, -0.1) is 16.5 Å². The predicted molar refractivity (Wildman–Crippen MR) is 102 cm³/mol. The summed E-state index contributed by atoms with van der Waals surface area (Å²) in [5, 5.41) is 0. The summed E-state index contributed by atoms with van der Waals surface area (Å²) in [4.78, 5) is 0. The zero-order chi connectivity index (χ0) is 16.9. The molecule has 0 aliphatic carbocycles. The minimum absolute atomic E-state index is 0.120. The van der Waals surface area contributed by atoms with Gasteiger partial charge in [-0.25, -0.2) is 0 Å². The van der Waals surface area contributed by atoms with Crippen LogP contribution in [0.15, 0.2) is 12.2 Å². The fourth-order valence-electron chi connectivity index (χ4n) is 3.04. The summed E-state index contributed by atoms with van der Waals surface area (Å²) >= 11 is 0.902. The third-order valence-electron chi connectivity index (χ3n) is 4.53. The Morgan fingerprint density at radius 1 is 1.22 bits per heavy atom. The first-order chi connectivity index (χ1) is 10.9. The van der Waals surface area contributed by atoms with Gasteiger partial charge in [-0.2, -0.15) is 0 Å². The lowest BCUT2D eigenvalue weighted by Crippen LogP contribution is -2.53. The molecule has 1 fully saturated rings. The fourth-order valence-corrected chi connectivity index (χ4v) is 5.19. The maximum Gasteiger partial charge on any atom is 0.136 e. The lowest BCUT2D eigenvalue weighted by molar-refractivity contribution is -0.0275. The molecule has 134 valence electrons. The number of fused-ring (bicyclic) bond motifs is 2. The van der Waals surface area contributed by atoms with E-state index in [1.54, 1.807) is 0 Å². The van der Waals surface area contributed by atoms with Crippen molar-refractivity contribution in [2.75, 3.05) is 5.75 Å². The Bertz CT molecular complexity index is 384. The summed E-state index contributed by atoms with van der Waals surface area (Å²) in [6.45, 7) is 8.28. The molecule has 0 aromatic carbocycles. The molecule has 0 saturated carbocycles. The van der Waals surface area contributed by atoms with E-state index >= 15 is 0 Å². The molecular weight excluding hydrogens is 326 g/mol. The van der Waals surface area contributed by atoms with Gasteiger partial charge >= 0.3 is 0 Å². The third-order valence-corrected chi connectivity index (χ3v) is 7.37. The number of hydrogen-bond donors (Lipinski definition) is 1. The maximum absolute atomic E-state index is 12.6. The number of thioether (sulfide) groups is 1. The highest BCUT2D eigenvalue weighted by Gasteiger charge is 2.37. The summed E-state index contributed by atoms with van der Waals surface area (Å²) in [5.74, 6) is 1.52. The molecule has 5 heteroatoms. The molecule has 2 bridgehead atoms. The van der Waals surface area contributed by atoms with E-state index in [9.17, 15) is 4.55 Å². The van der Waals surface area contributed by atoms with Gasteiger partial charge in [-0.1, -0.05) is 19.1 Å². The minimum atomic E-state index is -1.07. The minimum Gasteiger partial charge on any atom is -0.598 e. The molecule has 3 nitrogen and oxygen atoms in total. The molecule has 0 amide bonds. The van der Waals surface area contributed by atoms with Crippen molar-refractivity contribution in [3.63, 3.8) is 0 Å². The van der Waals surface area contributed by atoms with Gasteiger partial charge in [0.15, 0.2) is 0 Å². The lowest BCUT2D eigenvalue weighted by Gasteiger charge is -2.38. The van der Waals surface area contributed by atoms with E-state index in [0.717, 1.165) is 19.3 Å². The summed E-state index contributed by atoms with van der Waals surface area (Å²) < 4.78 is 22.2. The van der Waals surface area contributed by atoms with Crippen LogP contribution in [-0.4, -0.2) is 32.6 Å². The van der Waals surface area contributed by atoms with Crippen molar-refractivity contribution in [2.24, 2.45) is 5.92 Å². The summed E-state index contributed by atoms with van der Waals surface area (Å²) in [6, 6.07) is 0.120. The Kier molecular flexibility index (Phi) is 7.80. The Morgan fingerprint density at radius 2 is 2.00 bits per heavy atom. The molecule has 1 saturated heterocycles. The Morgan fingerprint density at radius 3 is 2.74 bits per heavy atom. The molecule has 23 heavy (non-hydrogen) atoms. The van der Waals surface area contributed by atoms with Crippen LogP contribution in [0.3, 0.4) is 0 Å². The summed E-state index contributed by atoms with van der Waals surface area (Å²) in [7, 11) is 0. The second kappa shape index (κ2) is 9.14. The number of nitrogens with one attached hydrogen (secondary N) is 1. The van der Waals surface area contributed by atoms with E-state index in [1.807, 2.05) is 32.5 Å². The van der Waals surface area contributed by atoms with E-state index in [-0.39, 0.29) is 16.9 Å². The third kappa shape index (κ3) is 6.28. The zero-order valence-electron chi connectivity index (χ0n) is 15.0. The number of ether oxygens (including phenoxy) is 1. The summed E-state index contributed by atoms with van der Waals surface area (Å²) in [5.41, 5.74) is 0.316. The van der Waals surface area contributed by atoms with Crippen molar-refractivity contribution < 1.29 is 9.29 Å². The second-order valence-corrected chi connectivity index (χ2v) is 11.0. The highest BCUT2D eigenvalue weighted by molar-refractivity contribution is 7.99. The fraction of sp³-hybridized carbons (Fsp3) is 0.889. The van der Waals surface area contributed by atoms with Crippen molar-refractivity contribution in [1.82, 2.24) is 4.72 Å². The van der Waals surface area contributed by atoms with Crippen LogP contribution in [0.5, 0.6) is 0 Å². The summed E-state index contributed by atoms with van der Waals surface area (Å²) in [6.07, 6.45) is 11.8. The molecule has 0 aromatic rings. The molecule has 1 N–H and O–H groups in total. The van der Waals surface area contributed by atoms with Crippen LogP contribution in [0.1, 0.15) is 66.2 Å². The second-order valence-electron chi connectivity index (χ2n) is 7.71. The highest BCUT2D eigenvalue weighted by atomic mass is 32.2. The zero-order valence-corrected chi connectivity index (χ0v) is 16.7. The molecule has 0 spiro atoms. The molecular formula is C18H33NO2S2. The van der Waals surface area contributed by atoms with Crippen molar-refractivity contribution >= 4 is 23.1 Å². The van der Waals surface area contributed by atoms with Gasteiger partial charge in [0.05, 0.1) is 12.1 Å². The first-order valence-electron chi connectivity index (χ1n) is 8.99. The molecule has 2 aliphatic rings. The van der Waals surface area contributed by atoms with Crippen molar-refractivity contribution in [3.8, 4) is 0 Å². The van der Waals surface area contributed by atoms with Crippen LogP contribution < -0.4 is 4.72 Å². The van der Waals surface area contributed by atoms with Gasteiger partial charge < -0.3 is 9.29 Å². The first-order valence-corrected chi connectivity index (χ1v) is 11.2. The standard InChI is InChI=1S/C18H33NO2S2/c1-14-10-7-5-6-8-13-22-16-12-9-11-15(21-16)17(14)19-23(20)18(2,3)4/h7,10,14-17,19H,5-6,8-9,11-13H2,1-4H3/b10-7-/t14?,15-,16-,17-,23-/m1/s1. The van der Waals surface area contributed by atoms with Gasteiger partial charge in [0, 0.05) is 11.4 Å².